The van der Waals surface area contributed by atoms with Crippen LogP contribution in [-0.2, 0) is 13.1 Å². The zero-order chi connectivity index (χ0) is 24.0. The Bertz CT molecular complexity index is 1110. The predicted molar refractivity (Wildman–Crippen MR) is 138 cm³/mol. The molecule has 182 valence electrons. The van der Waals surface area contributed by atoms with Crippen LogP contribution in [0.4, 0.5) is 10.1 Å². The third-order valence-electron chi connectivity index (χ3n) is 7.08. The summed E-state index contributed by atoms with van der Waals surface area (Å²) in [4.78, 5) is 21.9. The van der Waals surface area contributed by atoms with E-state index in [9.17, 15) is 9.18 Å². The van der Waals surface area contributed by atoms with Gasteiger partial charge in [0.15, 0.2) is 0 Å². The molecule has 6 heteroatoms. The van der Waals surface area contributed by atoms with Gasteiger partial charge >= 0.3 is 0 Å². The molecule has 0 aromatic heterocycles. The molecule has 0 saturated carbocycles. The maximum Gasteiger partial charge on any atom is 0.253 e. The van der Waals surface area contributed by atoms with Gasteiger partial charge in [0.05, 0.1) is 5.69 Å². The monoisotopic (exact) mass is 472 g/mol. The number of carbonyl (C=O) groups excluding carboxylic acids is 1. The molecule has 2 heterocycles. The van der Waals surface area contributed by atoms with Gasteiger partial charge in [0.1, 0.15) is 5.82 Å². The quantitative estimate of drug-likeness (QED) is 0.540. The third kappa shape index (κ3) is 5.89. The molecular weight excluding hydrogens is 439 g/mol. The number of rotatable bonds is 6. The minimum atomic E-state index is -0.208. The van der Waals surface area contributed by atoms with E-state index in [0.29, 0.717) is 31.9 Å². The molecule has 0 radical (unpaired) electrons. The first kappa shape index (κ1) is 23.5. The molecule has 5 rings (SSSR count). The van der Waals surface area contributed by atoms with Gasteiger partial charge < -0.3 is 9.80 Å². The Morgan fingerprint density at radius 3 is 1.77 bits per heavy atom. The molecule has 2 aliphatic rings. The number of hydrogen-bond acceptors (Lipinski definition) is 4. The average Bonchev–Trinajstić information content (AvgIpc) is 2.91. The Balaban J connectivity index is 1.09. The summed E-state index contributed by atoms with van der Waals surface area (Å²) in [6, 6.07) is 25.6. The van der Waals surface area contributed by atoms with Crippen molar-refractivity contribution in [2.24, 2.45) is 0 Å². The molecule has 0 aliphatic carbocycles. The van der Waals surface area contributed by atoms with E-state index < -0.39 is 0 Å². The molecule has 3 aromatic carbocycles. The number of para-hydroxylation sites is 1. The Kier molecular flexibility index (Phi) is 7.40. The van der Waals surface area contributed by atoms with Crippen LogP contribution >= 0.6 is 0 Å². The third-order valence-corrected chi connectivity index (χ3v) is 7.08. The molecule has 0 unspecified atom stereocenters. The molecule has 1 amide bonds. The summed E-state index contributed by atoms with van der Waals surface area (Å²) in [6.07, 6.45) is 0. The van der Waals surface area contributed by atoms with E-state index in [1.807, 2.05) is 28.0 Å². The molecule has 3 aromatic rings. The SMILES string of the molecule is O=C(c1ccc(CN2CCN(Cc3ccccc3)CC2)cc1)N1CCN(c2ccccc2F)CC1. The molecule has 2 aliphatic heterocycles. The molecule has 2 saturated heterocycles. The maximum atomic E-state index is 14.1. The van der Waals surface area contributed by atoms with Gasteiger partial charge in [-0.3, -0.25) is 14.6 Å². The lowest BCUT2D eigenvalue weighted by atomic mass is 10.1. The number of hydrogen-bond donors (Lipinski definition) is 0. The average molecular weight is 473 g/mol. The number of anilines is 1. The van der Waals surface area contributed by atoms with E-state index in [4.69, 9.17) is 0 Å². The van der Waals surface area contributed by atoms with Crippen molar-refractivity contribution in [2.75, 3.05) is 57.3 Å². The summed E-state index contributed by atoms with van der Waals surface area (Å²) < 4.78 is 14.1. The number of nitrogens with zero attached hydrogens (tertiary/aromatic N) is 4. The Morgan fingerprint density at radius 2 is 1.17 bits per heavy atom. The molecule has 0 spiro atoms. The maximum absolute atomic E-state index is 14.1. The Morgan fingerprint density at radius 1 is 0.629 bits per heavy atom. The molecule has 0 N–H and O–H groups in total. The molecule has 35 heavy (non-hydrogen) atoms. The molecular formula is C29H33FN4O. The number of benzene rings is 3. The second-order valence-electron chi connectivity index (χ2n) is 9.47. The van der Waals surface area contributed by atoms with Crippen molar-refractivity contribution >= 4 is 11.6 Å². The minimum Gasteiger partial charge on any atom is -0.366 e. The van der Waals surface area contributed by atoms with Crippen LogP contribution in [0.2, 0.25) is 0 Å². The van der Waals surface area contributed by atoms with Crippen molar-refractivity contribution in [3.8, 4) is 0 Å². The van der Waals surface area contributed by atoms with Crippen LogP contribution < -0.4 is 4.90 Å². The highest BCUT2D eigenvalue weighted by Gasteiger charge is 2.24. The van der Waals surface area contributed by atoms with Crippen LogP contribution in [0.15, 0.2) is 78.9 Å². The van der Waals surface area contributed by atoms with Crippen LogP contribution in [0.1, 0.15) is 21.5 Å². The zero-order valence-electron chi connectivity index (χ0n) is 20.2. The van der Waals surface area contributed by atoms with Gasteiger partial charge in [-0.2, -0.15) is 0 Å². The Labute approximate surface area is 207 Å². The fourth-order valence-corrected chi connectivity index (χ4v) is 5.00. The first-order chi connectivity index (χ1) is 17.2. The predicted octanol–water partition coefficient (Wildman–Crippen LogP) is 4.11. The van der Waals surface area contributed by atoms with Gasteiger partial charge in [-0.15, -0.1) is 0 Å². The summed E-state index contributed by atoms with van der Waals surface area (Å²) in [6.45, 7) is 8.66. The van der Waals surface area contributed by atoms with Crippen molar-refractivity contribution in [3.63, 3.8) is 0 Å². The number of halogens is 1. The van der Waals surface area contributed by atoms with Crippen molar-refractivity contribution in [1.29, 1.82) is 0 Å². The normalized spacial score (nSPS) is 17.5. The summed E-state index contributed by atoms with van der Waals surface area (Å²) in [5.74, 6) is -0.153. The van der Waals surface area contributed by atoms with E-state index in [0.717, 1.165) is 44.8 Å². The number of piperazine rings is 2. The molecule has 0 bridgehead atoms. The zero-order valence-corrected chi connectivity index (χ0v) is 20.2. The van der Waals surface area contributed by atoms with Crippen LogP contribution in [0.5, 0.6) is 0 Å². The van der Waals surface area contributed by atoms with Crippen LogP contribution in [-0.4, -0.2) is 73.0 Å². The lowest BCUT2D eigenvalue weighted by Gasteiger charge is -2.36. The highest BCUT2D eigenvalue weighted by Crippen LogP contribution is 2.21. The van der Waals surface area contributed by atoms with E-state index in [1.54, 1.807) is 12.1 Å². The van der Waals surface area contributed by atoms with Crippen molar-refractivity contribution in [1.82, 2.24) is 14.7 Å². The standard InChI is InChI=1S/C29H33FN4O/c30-27-8-4-5-9-28(27)33-18-20-34(21-19-33)29(35)26-12-10-25(11-13-26)23-32-16-14-31(15-17-32)22-24-6-2-1-3-7-24/h1-13H,14-23H2. The van der Waals surface area contributed by atoms with E-state index in [-0.39, 0.29) is 11.7 Å². The first-order valence-electron chi connectivity index (χ1n) is 12.5. The summed E-state index contributed by atoms with van der Waals surface area (Å²) in [5.41, 5.74) is 3.95. The minimum absolute atomic E-state index is 0.0549. The summed E-state index contributed by atoms with van der Waals surface area (Å²) in [5, 5.41) is 0. The number of carbonyl (C=O) groups is 1. The fourth-order valence-electron chi connectivity index (χ4n) is 5.00. The molecule has 5 nitrogen and oxygen atoms in total. The van der Waals surface area contributed by atoms with Crippen molar-refractivity contribution in [2.45, 2.75) is 13.1 Å². The number of amides is 1. The van der Waals surface area contributed by atoms with Gasteiger partial charge in [-0.25, -0.2) is 4.39 Å². The van der Waals surface area contributed by atoms with Crippen LogP contribution in [0.3, 0.4) is 0 Å². The van der Waals surface area contributed by atoms with Gasteiger partial charge in [0.2, 0.25) is 0 Å². The van der Waals surface area contributed by atoms with Gasteiger partial charge in [0, 0.05) is 71.0 Å². The lowest BCUT2D eigenvalue weighted by molar-refractivity contribution is 0.0746. The van der Waals surface area contributed by atoms with E-state index >= 15 is 0 Å². The largest absolute Gasteiger partial charge is 0.366 e. The lowest BCUT2D eigenvalue weighted by Crippen LogP contribution is -2.49. The van der Waals surface area contributed by atoms with Crippen molar-refractivity contribution < 1.29 is 9.18 Å². The highest BCUT2D eigenvalue weighted by molar-refractivity contribution is 5.94. The fraction of sp³-hybridized carbons (Fsp3) is 0.345. The van der Waals surface area contributed by atoms with Crippen LogP contribution in [0.25, 0.3) is 0 Å². The smallest absolute Gasteiger partial charge is 0.253 e. The van der Waals surface area contributed by atoms with Crippen molar-refractivity contribution in [3.05, 3.63) is 101 Å². The Hall–Kier alpha value is -3.22. The second-order valence-corrected chi connectivity index (χ2v) is 9.47. The summed E-state index contributed by atoms with van der Waals surface area (Å²) in [7, 11) is 0. The molecule has 0 atom stereocenters. The van der Waals surface area contributed by atoms with Gasteiger partial charge in [0.25, 0.3) is 5.91 Å². The molecule has 2 fully saturated rings. The van der Waals surface area contributed by atoms with Gasteiger partial charge in [-0.05, 0) is 35.4 Å². The van der Waals surface area contributed by atoms with Gasteiger partial charge in [-0.1, -0.05) is 54.6 Å². The van der Waals surface area contributed by atoms with E-state index in [1.165, 1.54) is 17.2 Å². The second kappa shape index (κ2) is 11.0. The topological polar surface area (TPSA) is 30.0 Å². The van der Waals surface area contributed by atoms with E-state index in [2.05, 4.69) is 52.3 Å². The first-order valence-corrected chi connectivity index (χ1v) is 12.5. The van der Waals surface area contributed by atoms with Crippen LogP contribution in [0, 0.1) is 5.82 Å². The highest BCUT2D eigenvalue weighted by atomic mass is 19.1. The summed E-state index contributed by atoms with van der Waals surface area (Å²) >= 11 is 0.